The number of hydrogen-bond acceptors (Lipinski definition) is 3. The van der Waals surface area contributed by atoms with E-state index in [2.05, 4.69) is 10.3 Å². The number of nitrogens with one attached hydrogen (secondary N) is 1. The van der Waals surface area contributed by atoms with Gasteiger partial charge in [0.2, 0.25) is 5.88 Å². The number of halogens is 3. The molecule has 1 N–H and O–H groups in total. The van der Waals surface area contributed by atoms with Crippen LogP contribution in [0, 0.1) is 11.6 Å². The fraction of sp³-hybridized carbons (Fsp3) is 0.143. The monoisotopic (exact) mass is 312 g/mol. The quantitative estimate of drug-likeness (QED) is 0.944. The van der Waals surface area contributed by atoms with Crippen LogP contribution in [0.25, 0.3) is 0 Å². The molecule has 0 saturated heterocycles. The fourth-order valence-corrected chi connectivity index (χ4v) is 1.90. The van der Waals surface area contributed by atoms with Crippen LogP contribution >= 0.6 is 11.6 Å². The van der Waals surface area contributed by atoms with E-state index in [0.717, 1.165) is 18.2 Å². The summed E-state index contributed by atoms with van der Waals surface area (Å²) in [5, 5.41) is 2.80. The Balaban J connectivity index is 2.13. The van der Waals surface area contributed by atoms with Crippen molar-refractivity contribution in [2.45, 2.75) is 6.54 Å². The highest BCUT2D eigenvalue weighted by Crippen LogP contribution is 2.19. The number of ether oxygens (including phenoxy) is 1. The fourth-order valence-electron chi connectivity index (χ4n) is 1.74. The minimum atomic E-state index is -0.707. The highest BCUT2D eigenvalue weighted by atomic mass is 35.5. The molecule has 1 heterocycles. The van der Waals surface area contributed by atoms with Crippen molar-refractivity contribution < 1.29 is 18.3 Å². The minimum Gasteiger partial charge on any atom is -0.480 e. The predicted octanol–water partition coefficient (Wildman–Crippen LogP) is 2.95. The maximum absolute atomic E-state index is 13.0. The molecule has 7 heteroatoms. The zero-order valence-corrected chi connectivity index (χ0v) is 11.7. The van der Waals surface area contributed by atoms with Gasteiger partial charge in [-0.25, -0.2) is 13.8 Å². The van der Waals surface area contributed by atoms with Gasteiger partial charge in [-0.05, 0) is 23.8 Å². The third-order valence-electron chi connectivity index (χ3n) is 2.63. The van der Waals surface area contributed by atoms with Crippen LogP contribution in [0.1, 0.15) is 15.9 Å². The summed E-state index contributed by atoms with van der Waals surface area (Å²) in [5.41, 5.74) is 0.441. The summed E-state index contributed by atoms with van der Waals surface area (Å²) in [6.45, 7) is -0.0385. The molecule has 0 spiro atoms. The average molecular weight is 313 g/mol. The zero-order chi connectivity index (χ0) is 15.4. The first-order valence-electron chi connectivity index (χ1n) is 5.92. The van der Waals surface area contributed by atoms with E-state index >= 15 is 0 Å². The lowest BCUT2D eigenvalue weighted by atomic mass is 10.2. The minimum absolute atomic E-state index is 0.0385. The van der Waals surface area contributed by atoms with Gasteiger partial charge in [0.05, 0.1) is 12.1 Å². The molecule has 4 nitrogen and oxygen atoms in total. The van der Waals surface area contributed by atoms with Gasteiger partial charge in [-0.3, -0.25) is 4.79 Å². The number of rotatable bonds is 4. The molecule has 0 saturated carbocycles. The van der Waals surface area contributed by atoms with Crippen LogP contribution in [0.2, 0.25) is 5.02 Å². The molecule has 0 aliphatic carbocycles. The molecule has 2 rings (SSSR count). The largest absolute Gasteiger partial charge is 0.480 e. The van der Waals surface area contributed by atoms with E-state index in [1.807, 2.05) is 0 Å². The molecule has 0 atom stereocenters. The number of nitrogens with zero attached hydrogens (tertiary/aromatic N) is 1. The Bertz CT molecular complexity index is 660. The Kier molecular flexibility index (Phi) is 4.70. The number of methoxy groups -OCH3 is 1. The Hall–Kier alpha value is -2.21. The first-order chi connectivity index (χ1) is 9.99. The zero-order valence-electron chi connectivity index (χ0n) is 11.0. The second-order valence-corrected chi connectivity index (χ2v) is 4.61. The Morgan fingerprint density at radius 2 is 1.95 bits per heavy atom. The van der Waals surface area contributed by atoms with E-state index in [0.29, 0.717) is 5.56 Å². The highest BCUT2D eigenvalue weighted by molar-refractivity contribution is 6.30. The van der Waals surface area contributed by atoms with Crippen LogP contribution in [0.15, 0.2) is 30.5 Å². The second-order valence-electron chi connectivity index (χ2n) is 4.17. The molecule has 0 fully saturated rings. The SMILES string of the molecule is COc1ncc(Cl)cc1C(=O)NCc1cc(F)cc(F)c1. The third-order valence-corrected chi connectivity index (χ3v) is 2.84. The molecule has 1 aromatic carbocycles. The molecule has 1 amide bonds. The number of carbonyl (C=O) groups is 1. The molecule has 2 aromatic rings. The lowest BCUT2D eigenvalue weighted by molar-refractivity contribution is 0.0947. The Labute approximate surface area is 124 Å². The molecule has 0 unspecified atom stereocenters. The maximum atomic E-state index is 13.0. The van der Waals surface area contributed by atoms with Crippen LogP contribution in [0.5, 0.6) is 5.88 Å². The molecule has 0 aliphatic heterocycles. The van der Waals surface area contributed by atoms with Gasteiger partial charge in [0.15, 0.2) is 0 Å². The van der Waals surface area contributed by atoms with Crippen molar-refractivity contribution >= 4 is 17.5 Å². The van der Waals surface area contributed by atoms with Gasteiger partial charge in [-0.15, -0.1) is 0 Å². The first-order valence-corrected chi connectivity index (χ1v) is 6.30. The summed E-state index contributed by atoms with van der Waals surface area (Å²) in [6.07, 6.45) is 1.35. The van der Waals surface area contributed by atoms with Crippen LogP contribution in [0.3, 0.4) is 0 Å². The van der Waals surface area contributed by atoms with Crippen molar-refractivity contribution in [2.75, 3.05) is 7.11 Å². The van der Waals surface area contributed by atoms with Crippen LogP contribution in [-0.2, 0) is 6.54 Å². The van der Waals surface area contributed by atoms with E-state index in [1.165, 1.54) is 19.4 Å². The van der Waals surface area contributed by atoms with Crippen molar-refractivity contribution in [2.24, 2.45) is 0 Å². The molecule has 110 valence electrons. The van der Waals surface area contributed by atoms with Gasteiger partial charge in [0.1, 0.15) is 17.2 Å². The van der Waals surface area contributed by atoms with E-state index in [1.54, 1.807) is 0 Å². The summed E-state index contributed by atoms with van der Waals surface area (Å²) in [6, 6.07) is 4.43. The van der Waals surface area contributed by atoms with Crippen LogP contribution < -0.4 is 10.1 Å². The van der Waals surface area contributed by atoms with Crippen molar-refractivity contribution in [3.8, 4) is 5.88 Å². The third kappa shape index (κ3) is 3.88. The maximum Gasteiger partial charge on any atom is 0.257 e. The summed E-state index contributed by atoms with van der Waals surface area (Å²) in [7, 11) is 1.37. The normalized spacial score (nSPS) is 10.3. The number of hydrogen-bond donors (Lipinski definition) is 1. The summed E-state index contributed by atoms with van der Waals surface area (Å²) >= 11 is 5.78. The van der Waals surface area contributed by atoms with Crippen LogP contribution in [-0.4, -0.2) is 18.0 Å². The Morgan fingerprint density at radius 1 is 1.29 bits per heavy atom. The van der Waals surface area contributed by atoms with Gasteiger partial charge in [-0.2, -0.15) is 0 Å². The summed E-state index contributed by atoms with van der Waals surface area (Å²) < 4.78 is 31.1. The van der Waals surface area contributed by atoms with Crippen molar-refractivity contribution in [1.29, 1.82) is 0 Å². The van der Waals surface area contributed by atoms with E-state index in [-0.39, 0.29) is 23.0 Å². The number of pyridine rings is 1. The highest BCUT2D eigenvalue weighted by Gasteiger charge is 2.14. The number of aromatic nitrogens is 1. The second kappa shape index (κ2) is 6.49. The molecule has 0 aliphatic rings. The van der Waals surface area contributed by atoms with E-state index in [9.17, 15) is 13.6 Å². The van der Waals surface area contributed by atoms with Crippen molar-refractivity contribution in [1.82, 2.24) is 10.3 Å². The van der Waals surface area contributed by atoms with E-state index < -0.39 is 17.5 Å². The van der Waals surface area contributed by atoms with Gasteiger partial charge < -0.3 is 10.1 Å². The lowest BCUT2D eigenvalue weighted by Crippen LogP contribution is -2.23. The number of benzene rings is 1. The number of carbonyl (C=O) groups excluding carboxylic acids is 1. The summed E-state index contributed by atoms with van der Waals surface area (Å²) in [5.74, 6) is -1.81. The standard InChI is InChI=1S/C14H11ClF2N2O2/c1-21-14-12(4-9(15)7-19-14)13(20)18-6-8-2-10(16)5-11(17)3-8/h2-5,7H,6H2,1H3,(H,18,20). The van der Waals surface area contributed by atoms with Gasteiger partial charge in [-0.1, -0.05) is 11.6 Å². The average Bonchev–Trinajstić information content (AvgIpc) is 2.43. The molecule has 0 bridgehead atoms. The molecular formula is C14H11ClF2N2O2. The van der Waals surface area contributed by atoms with E-state index in [4.69, 9.17) is 16.3 Å². The lowest BCUT2D eigenvalue weighted by Gasteiger charge is -2.09. The topological polar surface area (TPSA) is 51.2 Å². The van der Waals surface area contributed by atoms with Gasteiger partial charge >= 0.3 is 0 Å². The smallest absolute Gasteiger partial charge is 0.257 e. The molecule has 1 aromatic heterocycles. The predicted molar refractivity (Wildman–Crippen MR) is 73.3 cm³/mol. The van der Waals surface area contributed by atoms with Crippen molar-refractivity contribution in [3.63, 3.8) is 0 Å². The van der Waals surface area contributed by atoms with Gasteiger partial charge in [0.25, 0.3) is 5.91 Å². The summed E-state index contributed by atoms with van der Waals surface area (Å²) in [4.78, 5) is 15.9. The van der Waals surface area contributed by atoms with Gasteiger partial charge in [0, 0.05) is 18.8 Å². The number of amides is 1. The molecule has 0 radical (unpaired) electrons. The molecule has 21 heavy (non-hydrogen) atoms. The first kappa shape index (κ1) is 15.2. The molecular weight excluding hydrogens is 302 g/mol. The van der Waals surface area contributed by atoms with Crippen LogP contribution in [0.4, 0.5) is 8.78 Å². The Morgan fingerprint density at radius 3 is 2.57 bits per heavy atom. The van der Waals surface area contributed by atoms with Crippen molar-refractivity contribution in [3.05, 3.63) is 58.2 Å².